The van der Waals surface area contributed by atoms with Gasteiger partial charge in [-0.15, -0.1) is 0 Å². The van der Waals surface area contributed by atoms with E-state index in [1.807, 2.05) is 7.05 Å². The van der Waals surface area contributed by atoms with Crippen LogP contribution in [0, 0.1) is 0 Å². The van der Waals surface area contributed by atoms with Crippen molar-refractivity contribution in [3.05, 3.63) is 71.3 Å². The maximum atomic E-state index is 3.31. The fraction of sp³-hybridized carbons (Fsp3) is 0.429. The molecule has 0 unspecified atom stereocenters. The van der Waals surface area contributed by atoms with Crippen molar-refractivity contribution in [1.82, 2.24) is 5.32 Å². The van der Waals surface area contributed by atoms with Crippen molar-refractivity contribution >= 4 is 0 Å². The molecular formula is C21H27N. The van der Waals surface area contributed by atoms with Crippen molar-refractivity contribution in [2.24, 2.45) is 0 Å². The minimum atomic E-state index is 0.165. The lowest BCUT2D eigenvalue weighted by atomic mass is 9.70. The molecule has 0 radical (unpaired) electrons. The highest BCUT2D eigenvalue weighted by Gasteiger charge is 2.47. The SMILES string of the molecule is CNCCC[C@]1(c2ccccc2)CC(C)(C)c2ccccc21. The third kappa shape index (κ3) is 2.48. The van der Waals surface area contributed by atoms with Crippen LogP contribution in [0.1, 0.15) is 49.8 Å². The number of benzene rings is 2. The zero-order chi connectivity index (χ0) is 15.6. The van der Waals surface area contributed by atoms with E-state index in [2.05, 4.69) is 73.8 Å². The maximum Gasteiger partial charge on any atom is 0.0214 e. The van der Waals surface area contributed by atoms with E-state index in [4.69, 9.17) is 0 Å². The summed E-state index contributed by atoms with van der Waals surface area (Å²) in [5.41, 5.74) is 4.96. The average Bonchev–Trinajstić information content (AvgIpc) is 2.78. The molecule has 1 heteroatoms. The Morgan fingerprint density at radius 3 is 2.23 bits per heavy atom. The first-order valence-corrected chi connectivity index (χ1v) is 8.40. The largest absolute Gasteiger partial charge is 0.320 e. The summed E-state index contributed by atoms with van der Waals surface area (Å²) in [5.74, 6) is 0. The Morgan fingerprint density at radius 2 is 1.55 bits per heavy atom. The highest BCUT2D eigenvalue weighted by Crippen LogP contribution is 2.54. The molecule has 0 saturated carbocycles. The van der Waals surface area contributed by atoms with Crippen molar-refractivity contribution in [1.29, 1.82) is 0 Å². The number of fused-ring (bicyclic) bond motifs is 1. The topological polar surface area (TPSA) is 12.0 Å². The summed E-state index contributed by atoms with van der Waals surface area (Å²) in [7, 11) is 2.04. The molecule has 116 valence electrons. The van der Waals surface area contributed by atoms with Gasteiger partial charge in [0.15, 0.2) is 0 Å². The molecule has 1 atom stereocenters. The summed E-state index contributed by atoms with van der Waals surface area (Å²) in [5, 5.41) is 3.31. The van der Waals surface area contributed by atoms with E-state index >= 15 is 0 Å². The van der Waals surface area contributed by atoms with Gasteiger partial charge in [-0.2, -0.15) is 0 Å². The molecule has 0 fully saturated rings. The second kappa shape index (κ2) is 5.89. The molecule has 0 saturated heterocycles. The Bertz CT molecular complexity index is 629. The number of hydrogen-bond donors (Lipinski definition) is 1. The summed E-state index contributed by atoms with van der Waals surface area (Å²) >= 11 is 0. The molecule has 0 heterocycles. The zero-order valence-corrected chi connectivity index (χ0v) is 14.0. The van der Waals surface area contributed by atoms with Crippen LogP contribution >= 0.6 is 0 Å². The van der Waals surface area contributed by atoms with Gasteiger partial charge in [-0.3, -0.25) is 0 Å². The van der Waals surface area contributed by atoms with Gasteiger partial charge in [-0.1, -0.05) is 68.4 Å². The molecule has 0 aromatic heterocycles. The number of hydrogen-bond acceptors (Lipinski definition) is 1. The Balaban J connectivity index is 2.12. The molecule has 0 bridgehead atoms. The fourth-order valence-electron chi connectivity index (χ4n) is 4.38. The van der Waals surface area contributed by atoms with E-state index in [0.29, 0.717) is 0 Å². The zero-order valence-electron chi connectivity index (χ0n) is 14.0. The lowest BCUT2D eigenvalue weighted by molar-refractivity contribution is 0.371. The quantitative estimate of drug-likeness (QED) is 0.791. The molecule has 0 amide bonds. The lowest BCUT2D eigenvalue weighted by Crippen LogP contribution is -2.28. The first-order chi connectivity index (χ1) is 10.6. The second-order valence-corrected chi connectivity index (χ2v) is 7.26. The third-order valence-corrected chi connectivity index (χ3v) is 5.27. The normalized spacial score (nSPS) is 22.5. The molecule has 2 aromatic carbocycles. The molecule has 2 aromatic rings. The number of rotatable bonds is 5. The maximum absolute atomic E-state index is 3.31. The van der Waals surface area contributed by atoms with Crippen molar-refractivity contribution in [2.45, 2.75) is 43.9 Å². The van der Waals surface area contributed by atoms with Gasteiger partial charge in [0.05, 0.1) is 0 Å². The minimum Gasteiger partial charge on any atom is -0.320 e. The second-order valence-electron chi connectivity index (χ2n) is 7.26. The fourth-order valence-corrected chi connectivity index (χ4v) is 4.38. The van der Waals surface area contributed by atoms with Crippen molar-refractivity contribution in [3.63, 3.8) is 0 Å². The van der Waals surface area contributed by atoms with Gasteiger partial charge in [-0.05, 0) is 55.0 Å². The monoisotopic (exact) mass is 293 g/mol. The van der Waals surface area contributed by atoms with Gasteiger partial charge < -0.3 is 5.32 Å². The summed E-state index contributed by atoms with van der Waals surface area (Å²) < 4.78 is 0. The summed E-state index contributed by atoms with van der Waals surface area (Å²) in [6.45, 7) is 5.88. The van der Waals surface area contributed by atoms with Crippen LogP contribution in [0.4, 0.5) is 0 Å². The Morgan fingerprint density at radius 1 is 0.909 bits per heavy atom. The Labute approximate surface area is 134 Å². The van der Waals surface area contributed by atoms with Gasteiger partial charge >= 0.3 is 0 Å². The summed E-state index contributed by atoms with van der Waals surface area (Å²) in [6.07, 6.45) is 3.61. The molecule has 1 aliphatic rings. The molecule has 0 aliphatic heterocycles. The standard InChI is InChI=1S/C21H27N/c1-20(2)16-21(14-9-15-22-3,17-10-5-4-6-11-17)19-13-8-7-12-18(19)20/h4-8,10-13,22H,9,14-16H2,1-3H3/t21-/m1/s1. The van der Waals surface area contributed by atoms with Crippen molar-refractivity contribution < 1.29 is 0 Å². The molecular weight excluding hydrogens is 266 g/mol. The molecule has 1 nitrogen and oxygen atoms in total. The molecule has 0 spiro atoms. The van der Waals surface area contributed by atoms with Gasteiger partial charge in [0, 0.05) is 5.41 Å². The average molecular weight is 293 g/mol. The molecule has 1 N–H and O–H groups in total. The van der Waals surface area contributed by atoms with E-state index in [9.17, 15) is 0 Å². The first-order valence-electron chi connectivity index (χ1n) is 8.40. The van der Waals surface area contributed by atoms with Crippen molar-refractivity contribution in [3.8, 4) is 0 Å². The highest BCUT2D eigenvalue weighted by atomic mass is 14.8. The molecule has 22 heavy (non-hydrogen) atoms. The van der Waals surface area contributed by atoms with Crippen LogP contribution in [0.15, 0.2) is 54.6 Å². The predicted octanol–water partition coefficient (Wildman–Crippen LogP) is 4.65. The first kappa shape index (κ1) is 15.3. The van der Waals surface area contributed by atoms with Gasteiger partial charge in [0.1, 0.15) is 0 Å². The van der Waals surface area contributed by atoms with Crippen molar-refractivity contribution in [2.75, 3.05) is 13.6 Å². The van der Waals surface area contributed by atoms with Crippen LogP contribution in [0.5, 0.6) is 0 Å². The van der Waals surface area contributed by atoms with Crippen LogP contribution in [-0.2, 0) is 10.8 Å². The molecule has 1 aliphatic carbocycles. The third-order valence-electron chi connectivity index (χ3n) is 5.27. The van der Waals surface area contributed by atoms with E-state index in [1.165, 1.54) is 30.4 Å². The Kier molecular flexibility index (Phi) is 4.10. The minimum absolute atomic E-state index is 0.165. The van der Waals surface area contributed by atoms with E-state index in [1.54, 1.807) is 5.56 Å². The van der Waals surface area contributed by atoms with Crippen LogP contribution in [0.3, 0.4) is 0 Å². The lowest BCUT2D eigenvalue weighted by Gasteiger charge is -2.33. The smallest absolute Gasteiger partial charge is 0.0214 e. The Hall–Kier alpha value is -1.60. The summed E-state index contributed by atoms with van der Waals surface area (Å²) in [4.78, 5) is 0. The van der Waals surface area contributed by atoms with Crippen LogP contribution in [0.2, 0.25) is 0 Å². The predicted molar refractivity (Wildman–Crippen MR) is 94.5 cm³/mol. The molecule has 3 rings (SSSR count). The van der Waals surface area contributed by atoms with E-state index < -0.39 is 0 Å². The van der Waals surface area contributed by atoms with Crippen LogP contribution in [0.25, 0.3) is 0 Å². The van der Waals surface area contributed by atoms with Gasteiger partial charge in [-0.25, -0.2) is 0 Å². The van der Waals surface area contributed by atoms with Gasteiger partial charge in [0.2, 0.25) is 0 Å². The van der Waals surface area contributed by atoms with Gasteiger partial charge in [0.25, 0.3) is 0 Å². The van der Waals surface area contributed by atoms with Crippen LogP contribution < -0.4 is 5.32 Å². The summed E-state index contributed by atoms with van der Waals surface area (Å²) in [6, 6.07) is 20.2. The van der Waals surface area contributed by atoms with E-state index in [-0.39, 0.29) is 10.8 Å². The van der Waals surface area contributed by atoms with Crippen LogP contribution in [-0.4, -0.2) is 13.6 Å². The highest BCUT2D eigenvalue weighted by molar-refractivity contribution is 5.52. The number of nitrogens with one attached hydrogen (secondary N) is 1. The van der Waals surface area contributed by atoms with E-state index in [0.717, 1.165) is 6.54 Å².